The topological polar surface area (TPSA) is 68.3 Å². The molecular formula is C18H18N4O2. The Kier molecular flexibility index (Phi) is 4.76. The zero-order valence-electron chi connectivity index (χ0n) is 13.5. The number of benzene rings is 2. The van der Waals surface area contributed by atoms with E-state index in [-0.39, 0.29) is 0 Å². The van der Waals surface area contributed by atoms with Crippen molar-refractivity contribution in [3.63, 3.8) is 0 Å². The lowest BCUT2D eigenvalue weighted by atomic mass is 10.2. The third kappa shape index (κ3) is 3.73. The Morgan fingerprint density at radius 1 is 0.792 bits per heavy atom. The molecule has 0 aliphatic rings. The molecule has 0 fully saturated rings. The molecule has 0 aliphatic carbocycles. The van der Waals surface area contributed by atoms with Crippen molar-refractivity contribution < 1.29 is 9.47 Å². The van der Waals surface area contributed by atoms with Crippen LogP contribution in [0.15, 0.2) is 60.9 Å². The van der Waals surface area contributed by atoms with E-state index in [9.17, 15) is 0 Å². The van der Waals surface area contributed by atoms with Gasteiger partial charge in [0.15, 0.2) is 0 Å². The first-order valence-corrected chi connectivity index (χ1v) is 7.41. The van der Waals surface area contributed by atoms with Crippen LogP contribution >= 0.6 is 0 Å². The second kappa shape index (κ2) is 7.32. The van der Waals surface area contributed by atoms with Crippen molar-refractivity contribution in [3.05, 3.63) is 60.9 Å². The Bertz CT molecular complexity index is 809. The van der Waals surface area contributed by atoms with E-state index < -0.39 is 0 Å². The molecule has 1 aromatic heterocycles. The highest BCUT2D eigenvalue weighted by Gasteiger charge is 2.07. The predicted octanol–water partition coefficient (Wildman–Crippen LogP) is 3.98. The number of nitrogens with zero attached hydrogens (tertiary/aromatic N) is 2. The minimum Gasteiger partial charge on any atom is -0.497 e. The summed E-state index contributed by atoms with van der Waals surface area (Å²) in [6.45, 7) is 0. The largest absolute Gasteiger partial charge is 0.497 e. The average molecular weight is 322 g/mol. The average Bonchev–Trinajstić information content (AvgIpc) is 2.63. The summed E-state index contributed by atoms with van der Waals surface area (Å²) in [5, 5.41) is 6.46. The minimum absolute atomic E-state index is 0.659. The second-order valence-corrected chi connectivity index (χ2v) is 4.97. The van der Waals surface area contributed by atoms with Gasteiger partial charge in [0.1, 0.15) is 29.5 Å². The third-order valence-electron chi connectivity index (χ3n) is 3.38. The summed E-state index contributed by atoms with van der Waals surface area (Å²) in [5.74, 6) is 2.76. The Hall–Kier alpha value is -3.28. The number of ether oxygens (including phenoxy) is 2. The minimum atomic E-state index is 0.659. The summed E-state index contributed by atoms with van der Waals surface area (Å²) in [6.07, 6.45) is 1.50. The van der Waals surface area contributed by atoms with E-state index in [1.54, 1.807) is 14.2 Å². The van der Waals surface area contributed by atoms with Gasteiger partial charge in [0.2, 0.25) is 0 Å². The van der Waals surface area contributed by atoms with Crippen molar-refractivity contribution in [2.75, 3.05) is 24.9 Å². The van der Waals surface area contributed by atoms with Crippen molar-refractivity contribution in [3.8, 4) is 11.5 Å². The molecule has 24 heavy (non-hydrogen) atoms. The quantitative estimate of drug-likeness (QED) is 0.715. The number of hydrogen-bond acceptors (Lipinski definition) is 6. The van der Waals surface area contributed by atoms with Gasteiger partial charge in [0, 0.05) is 17.8 Å². The Morgan fingerprint density at radius 3 is 2.25 bits per heavy atom. The lowest BCUT2D eigenvalue weighted by Gasteiger charge is -2.12. The molecule has 0 saturated carbocycles. The van der Waals surface area contributed by atoms with Crippen molar-refractivity contribution in [2.24, 2.45) is 0 Å². The Morgan fingerprint density at radius 2 is 1.54 bits per heavy atom. The lowest BCUT2D eigenvalue weighted by molar-refractivity contribution is 0.395. The zero-order valence-corrected chi connectivity index (χ0v) is 13.5. The van der Waals surface area contributed by atoms with Crippen LogP contribution in [0.5, 0.6) is 11.5 Å². The number of hydrogen-bond donors (Lipinski definition) is 2. The maximum atomic E-state index is 5.38. The fourth-order valence-corrected chi connectivity index (χ4v) is 2.20. The highest BCUT2D eigenvalue weighted by atomic mass is 16.5. The van der Waals surface area contributed by atoms with Crippen LogP contribution < -0.4 is 20.1 Å². The van der Waals surface area contributed by atoms with Gasteiger partial charge in [-0.15, -0.1) is 0 Å². The molecule has 122 valence electrons. The molecule has 2 N–H and O–H groups in total. The molecule has 0 atom stereocenters. The molecule has 0 unspecified atom stereocenters. The van der Waals surface area contributed by atoms with E-state index >= 15 is 0 Å². The molecule has 6 heteroatoms. The maximum Gasteiger partial charge on any atom is 0.146 e. The second-order valence-electron chi connectivity index (χ2n) is 4.97. The standard InChI is InChI=1S/C18H18N4O2/c1-23-14-8-9-15(16(10-14)24-2)22-18-11-17(19-12-20-18)21-13-6-4-3-5-7-13/h3-12H,1-2H3,(H2,19,20,21,22). The Balaban J connectivity index is 1.80. The maximum absolute atomic E-state index is 5.38. The highest BCUT2D eigenvalue weighted by Crippen LogP contribution is 2.31. The SMILES string of the molecule is COc1ccc(Nc2cc(Nc3ccccc3)ncn2)c(OC)c1. The fourth-order valence-electron chi connectivity index (χ4n) is 2.20. The molecule has 0 saturated heterocycles. The zero-order chi connectivity index (χ0) is 16.8. The normalized spacial score (nSPS) is 10.1. The molecule has 1 heterocycles. The molecule has 0 spiro atoms. The smallest absolute Gasteiger partial charge is 0.146 e. The van der Waals surface area contributed by atoms with Crippen LogP contribution in [0.3, 0.4) is 0 Å². The number of nitrogens with one attached hydrogen (secondary N) is 2. The first kappa shape index (κ1) is 15.6. The van der Waals surface area contributed by atoms with Gasteiger partial charge in [-0.25, -0.2) is 9.97 Å². The molecule has 0 aliphatic heterocycles. The summed E-state index contributed by atoms with van der Waals surface area (Å²) < 4.78 is 10.6. The number of anilines is 4. The predicted molar refractivity (Wildman–Crippen MR) is 94.6 cm³/mol. The molecule has 3 aromatic rings. The third-order valence-corrected chi connectivity index (χ3v) is 3.38. The number of para-hydroxylation sites is 1. The van der Waals surface area contributed by atoms with Crippen molar-refractivity contribution >= 4 is 23.0 Å². The lowest BCUT2D eigenvalue weighted by Crippen LogP contribution is -2.00. The van der Waals surface area contributed by atoms with Gasteiger partial charge in [-0.2, -0.15) is 0 Å². The molecule has 0 radical (unpaired) electrons. The van der Waals surface area contributed by atoms with Gasteiger partial charge < -0.3 is 20.1 Å². The van der Waals surface area contributed by atoms with Gasteiger partial charge in [-0.05, 0) is 24.3 Å². The summed E-state index contributed by atoms with van der Waals surface area (Å²) in [5.41, 5.74) is 1.76. The van der Waals surface area contributed by atoms with E-state index in [1.165, 1.54) is 6.33 Å². The Labute approximate surface area is 140 Å². The van der Waals surface area contributed by atoms with Crippen LogP contribution in [-0.2, 0) is 0 Å². The monoisotopic (exact) mass is 322 g/mol. The fraction of sp³-hybridized carbons (Fsp3) is 0.111. The van der Waals surface area contributed by atoms with E-state index in [4.69, 9.17) is 9.47 Å². The summed E-state index contributed by atoms with van der Waals surface area (Å²) in [6, 6.07) is 17.2. The molecule has 2 aromatic carbocycles. The first-order valence-electron chi connectivity index (χ1n) is 7.41. The summed E-state index contributed by atoms with van der Waals surface area (Å²) in [4.78, 5) is 8.48. The van der Waals surface area contributed by atoms with Crippen molar-refractivity contribution in [1.82, 2.24) is 9.97 Å². The molecule has 0 amide bonds. The van der Waals surface area contributed by atoms with Gasteiger partial charge >= 0.3 is 0 Å². The first-order chi connectivity index (χ1) is 11.8. The molecular weight excluding hydrogens is 304 g/mol. The van der Waals surface area contributed by atoms with Crippen LogP contribution in [0.1, 0.15) is 0 Å². The van der Waals surface area contributed by atoms with Crippen molar-refractivity contribution in [1.29, 1.82) is 0 Å². The van der Waals surface area contributed by atoms with Gasteiger partial charge in [0.05, 0.1) is 19.9 Å². The summed E-state index contributed by atoms with van der Waals surface area (Å²) >= 11 is 0. The van der Waals surface area contributed by atoms with Gasteiger partial charge in [0.25, 0.3) is 0 Å². The molecule has 0 bridgehead atoms. The van der Waals surface area contributed by atoms with Crippen LogP contribution in [-0.4, -0.2) is 24.2 Å². The summed E-state index contributed by atoms with van der Waals surface area (Å²) in [7, 11) is 3.23. The number of methoxy groups -OCH3 is 2. The number of rotatable bonds is 6. The van der Waals surface area contributed by atoms with E-state index in [0.29, 0.717) is 17.4 Å². The van der Waals surface area contributed by atoms with Gasteiger partial charge in [-0.1, -0.05) is 18.2 Å². The molecule has 3 rings (SSSR count). The highest BCUT2D eigenvalue weighted by molar-refractivity contribution is 5.68. The number of aromatic nitrogens is 2. The van der Waals surface area contributed by atoms with Crippen molar-refractivity contribution in [2.45, 2.75) is 0 Å². The van der Waals surface area contributed by atoms with E-state index in [0.717, 1.165) is 17.1 Å². The molecule has 6 nitrogen and oxygen atoms in total. The van der Waals surface area contributed by atoms with Crippen LogP contribution in [0, 0.1) is 0 Å². The van der Waals surface area contributed by atoms with Crippen LogP contribution in [0.25, 0.3) is 0 Å². The van der Waals surface area contributed by atoms with E-state index in [2.05, 4.69) is 20.6 Å². The van der Waals surface area contributed by atoms with Crippen LogP contribution in [0.4, 0.5) is 23.0 Å². The van der Waals surface area contributed by atoms with E-state index in [1.807, 2.05) is 54.6 Å². The van der Waals surface area contributed by atoms with Gasteiger partial charge in [-0.3, -0.25) is 0 Å². The van der Waals surface area contributed by atoms with Crippen LogP contribution in [0.2, 0.25) is 0 Å².